The highest BCUT2D eigenvalue weighted by Gasteiger charge is 2.19. The second kappa shape index (κ2) is 9.94. The van der Waals surface area contributed by atoms with Crippen molar-refractivity contribution in [2.24, 2.45) is 5.14 Å². The lowest BCUT2D eigenvalue weighted by Crippen LogP contribution is -2.20. The van der Waals surface area contributed by atoms with E-state index < -0.39 is 0 Å². The lowest BCUT2D eigenvalue weighted by molar-refractivity contribution is -0.112. The van der Waals surface area contributed by atoms with Crippen LogP contribution in [0.1, 0.15) is 31.9 Å². The fourth-order valence-electron chi connectivity index (χ4n) is 2.62. The number of carbonyl (C=O) groups is 1. The number of aromatic nitrogens is 1. The Morgan fingerprint density at radius 2 is 1.96 bits per heavy atom. The van der Waals surface area contributed by atoms with E-state index in [1.807, 2.05) is 63.2 Å². The van der Waals surface area contributed by atoms with Crippen LogP contribution >= 0.6 is 11.9 Å². The van der Waals surface area contributed by atoms with Crippen molar-refractivity contribution < 1.29 is 4.79 Å². The molecule has 0 unspecified atom stereocenters. The number of allylic oxidation sites excluding steroid dienone is 1. The molecule has 0 aliphatic heterocycles. The Kier molecular flexibility index (Phi) is 7.64. The standard InChI is InChI=1S/C21H26N4OS/c1-5-14(3)18(20(26)24-17-12-8-7-11-16(17)6-2)21(27-22)25-19-15(4)10-9-13-23-19/h5,7-13H,6,22H2,1-4H3,(H,23,25)(H,24,26)/b14-5-,21-18+. The monoisotopic (exact) mass is 382 g/mol. The highest BCUT2D eigenvalue weighted by atomic mass is 32.2. The predicted molar refractivity (Wildman–Crippen MR) is 115 cm³/mol. The molecule has 0 fully saturated rings. The zero-order chi connectivity index (χ0) is 19.8. The van der Waals surface area contributed by atoms with Gasteiger partial charge in [0, 0.05) is 11.9 Å². The van der Waals surface area contributed by atoms with Crippen molar-refractivity contribution in [1.29, 1.82) is 0 Å². The minimum absolute atomic E-state index is 0.208. The zero-order valence-electron chi connectivity index (χ0n) is 16.2. The van der Waals surface area contributed by atoms with Crippen LogP contribution < -0.4 is 15.8 Å². The van der Waals surface area contributed by atoms with Crippen LogP contribution in [0.25, 0.3) is 0 Å². The molecule has 5 nitrogen and oxygen atoms in total. The average molecular weight is 383 g/mol. The van der Waals surface area contributed by atoms with Crippen molar-refractivity contribution in [3.63, 3.8) is 0 Å². The number of aryl methyl sites for hydroxylation is 2. The Bertz CT molecular complexity index is 874. The summed E-state index contributed by atoms with van der Waals surface area (Å²) < 4.78 is 0. The van der Waals surface area contributed by atoms with Gasteiger partial charge in [-0.25, -0.2) is 4.98 Å². The summed E-state index contributed by atoms with van der Waals surface area (Å²) in [5.41, 5.74) is 4.19. The van der Waals surface area contributed by atoms with Gasteiger partial charge in [-0.15, -0.1) is 0 Å². The minimum atomic E-state index is -0.208. The highest BCUT2D eigenvalue weighted by molar-refractivity contribution is 8.01. The van der Waals surface area contributed by atoms with Gasteiger partial charge in [0.15, 0.2) is 0 Å². The lowest BCUT2D eigenvalue weighted by atomic mass is 10.1. The number of para-hydroxylation sites is 1. The first-order chi connectivity index (χ1) is 13.0. The van der Waals surface area contributed by atoms with E-state index >= 15 is 0 Å². The Hall–Kier alpha value is -2.57. The van der Waals surface area contributed by atoms with Gasteiger partial charge in [0.2, 0.25) is 0 Å². The Morgan fingerprint density at radius 1 is 1.22 bits per heavy atom. The molecule has 0 aliphatic carbocycles. The molecule has 142 valence electrons. The van der Waals surface area contributed by atoms with Crippen molar-refractivity contribution >= 4 is 29.4 Å². The fraction of sp³-hybridized carbons (Fsp3) is 0.238. The number of nitrogens with zero attached hydrogens (tertiary/aromatic N) is 1. The van der Waals surface area contributed by atoms with Crippen LogP contribution in [0.2, 0.25) is 0 Å². The molecule has 0 saturated carbocycles. The summed E-state index contributed by atoms with van der Waals surface area (Å²) >= 11 is 1.00. The number of rotatable bonds is 7. The molecule has 0 radical (unpaired) electrons. The number of benzene rings is 1. The van der Waals surface area contributed by atoms with E-state index in [0.717, 1.165) is 40.8 Å². The van der Waals surface area contributed by atoms with Crippen molar-refractivity contribution in [2.75, 3.05) is 10.6 Å². The van der Waals surface area contributed by atoms with Crippen LogP contribution in [0.3, 0.4) is 0 Å². The largest absolute Gasteiger partial charge is 0.333 e. The van der Waals surface area contributed by atoms with Gasteiger partial charge in [-0.1, -0.05) is 37.3 Å². The number of hydrogen-bond donors (Lipinski definition) is 3. The van der Waals surface area contributed by atoms with Gasteiger partial charge in [0.05, 0.1) is 5.57 Å². The first kappa shape index (κ1) is 20.7. The molecule has 0 atom stereocenters. The van der Waals surface area contributed by atoms with E-state index in [0.29, 0.717) is 16.4 Å². The number of nitrogens with two attached hydrogens (primary N) is 1. The summed E-state index contributed by atoms with van der Waals surface area (Å²) in [5, 5.41) is 12.7. The summed E-state index contributed by atoms with van der Waals surface area (Å²) in [6.07, 6.45) is 4.43. The maximum Gasteiger partial charge on any atom is 0.258 e. The predicted octanol–water partition coefficient (Wildman–Crippen LogP) is 4.79. The van der Waals surface area contributed by atoms with Crippen LogP contribution in [0.5, 0.6) is 0 Å². The Balaban J connectivity index is 2.44. The normalized spacial score (nSPS) is 12.4. The lowest BCUT2D eigenvalue weighted by Gasteiger charge is -2.17. The molecular formula is C21H26N4OS. The number of pyridine rings is 1. The Morgan fingerprint density at radius 3 is 2.59 bits per heavy atom. The SMILES string of the molecule is C/C=C(C)\C(C(=O)Nc1ccccc1CC)=C(\Nc1ncccc1C)SN. The quantitative estimate of drug-likeness (QED) is 0.364. The molecule has 1 heterocycles. The molecule has 6 heteroatoms. The van der Waals surface area contributed by atoms with E-state index in [1.54, 1.807) is 6.20 Å². The number of nitrogens with one attached hydrogen (secondary N) is 2. The first-order valence-corrected chi connectivity index (χ1v) is 9.71. The smallest absolute Gasteiger partial charge is 0.258 e. The molecule has 1 aromatic heterocycles. The third-order valence-corrected chi connectivity index (χ3v) is 4.83. The van der Waals surface area contributed by atoms with Crippen molar-refractivity contribution in [2.45, 2.75) is 34.1 Å². The number of anilines is 2. The van der Waals surface area contributed by atoms with Gasteiger partial charge in [-0.3, -0.25) is 9.93 Å². The van der Waals surface area contributed by atoms with Crippen molar-refractivity contribution in [3.05, 3.63) is 76.0 Å². The molecule has 0 saturated heterocycles. The van der Waals surface area contributed by atoms with E-state index in [1.165, 1.54) is 0 Å². The highest BCUT2D eigenvalue weighted by Crippen LogP contribution is 2.26. The molecule has 1 amide bonds. The van der Waals surface area contributed by atoms with Gasteiger partial charge in [-0.05, 0) is 68.0 Å². The second-order valence-corrected chi connectivity index (χ2v) is 6.70. The fourth-order valence-corrected chi connectivity index (χ4v) is 3.14. The summed E-state index contributed by atoms with van der Waals surface area (Å²) in [6, 6.07) is 11.6. The molecule has 2 aromatic rings. The minimum Gasteiger partial charge on any atom is -0.333 e. The van der Waals surface area contributed by atoms with Crippen molar-refractivity contribution in [3.8, 4) is 0 Å². The van der Waals surface area contributed by atoms with Gasteiger partial charge in [-0.2, -0.15) is 0 Å². The third kappa shape index (κ3) is 5.21. The van der Waals surface area contributed by atoms with Crippen molar-refractivity contribution in [1.82, 2.24) is 4.98 Å². The average Bonchev–Trinajstić information content (AvgIpc) is 2.69. The summed E-state index contributed by atoms with van der Waals surface area (Å²) in [5.74, 6) is 0.467. The maximum atomic E-state index is 13.1. The van der Waals surface area contributed by atoms with Crippen LogP contribution in [-0.2, 0) is 11.2 Å². The van der Waals surface area contributed by atoms with Gasteiger partial charge >= 0.3 is 0 Å². The summed E-state index contributed by atoms with van der Waals surface area (Å²) in [7, 11) is 0. The van der Waals surface area contributed by atoms with Crippen LogP contribution in [0.4, 0.5) is 11.5 Å². The molecule has 0 spiro atoms. The van der Waals surface area contributed by atoms with Gasteiger partial charge in [0.25, 0.3) is 5.91 Å². The van der Waals surface area contributed by atoms with Crippen LogP contribution in [-0.4, -0.2) is 10.9 Å². The Labute approximate surface area is 165 Å². The number of carbonyl (C=O) groups excluding carboxylic acids is 1. The van der Waals surface area contributed by atoms with Gasteiger partial charge in [0.1, 0.15) is 10.8 Å². The topological polar surface area (TPSA) is 80.0 Å². The van der Waals surface area contributed by atoms with Gasteiger partial charge < -0.3 is 10.6 Å². The molecule has 2 rings (SSSR count). The molecule has 1 aromatic carbocycles. The van der Waals surface area contributed by atoms with E-state index in [9.17, 15) is 4.79 Å². The van der Waals surface area contributed by atoms with Crippen LogP contribution in [0, 0.1) is 6.92 Å². The number of amides is 1. The maximum absolute atomic E-state index is 13.1. The van der Waals surface area contributed by atoms with E-state index in [4.69, 9.17) is 5.14 Å². The second-order valence-electron chi connectivity index (χ2n) is 6.05. The summed E-state index contributed by atoms with van der Waals surface area (Å²) in [6.45, 7) is 7.80. The molecule has 4 N–H and O–H groups in total. The van der Waals surface area contributed by atoms with Crippen LogP contribution in [0.15, 0.2) is 64.8 Å². The third-order valence-electron chi connectivity index (χ3n) is 4.29. The van der Waals surface area contributed by atoms with E-state index in [-0.39, 0.29) is 5.91 Å². The molecular weight excluding hydrogens is 356 g/mol. The molecule has 0 bridgehead atoms. The number of hydrogen-bond acceptors (Lipinski definition) is 5. The summed E-state index contributed by atoms with van der Waals surface area (Å²) in [4.78, 5) is 17.5. The zero-order valence-corrected chi connectivity index (χ0v) is 17.0. The first-order valence-electron chi connectivity index (χ1n) is 8.84. The molecule has 27 heavy (non-hydrogen) atoms. The van der Waals surface area contributed by atoms with E-state index in [2.05, 4.69) is 22.5 Å². The molecule has 0 aliphatic rings.